The lowest BCUT2D eigenvalue weighted by Gasteiger charge is -2.06. The zero-order chi connectivity index (χ0) is 39.4. The van der Waals surface area contributed by atoms with Gasteiger partial charge < -0.3 is 30.0 Å². The number of unbranched alkanes of at least 4 members (excludes halogenated alkanes) is 10. The third-order valence-corrected chi connectivity index (χ3v) is 8.95. The van der Waals surface area contributed by atoms with Crippen molar-refractivity contribution >= 4 is 39.8 Å². The van der Waals surface area contributed by atoms with Crippen molar-refractivity contribution in [3.05, 3.63) is 70.8 Å². The molecule has 0 unspecified atom stereocenters. The number of aryl methyl sites for hydroxylation is 2. The first-order valence-electron chi connectivity index (χ1n) is 19.2. The zero-order valence-corrected chi connectivity index (χ0v) is 34.5. The summed E-state index contributed by atoms with van der Waals surface area (Å²) < 4.78 is 18.6. The summed E-state index contributed by atoms with van der Waals surface area (Å²) in [5.41, 5.74) is 8.97. The van der Waals surface area contributed by atoms with Crippen LogP contribution in [0.1, 0.15) is 135 Å². The van der Waals surface area contributed by atoms with Gasteiger partial charge in [0.2, 0.25) is 0 Å². The number of carbonyl (C=O) groups is 4. The minimum atomic E-state index is -0.279. The Morgan fingerprint density at radius 3 is 1.40 bits per heavy atom. The molecule has 0 amide bonds. The van der Waals surface area contributed by atoms with Crippen LogP contribution in [0, 0.1) is 0 Å². The van der Waals surface area contributed by atoms with Crippen LogP contribution >= 0.6 is 15.9 Å². The summed E-state index contributed by atoms with van der Waals surface area (Å²) in [4.78, 5) is 44.4. The van der Waals surface area contributed by atoms with Crippen molar-refractivity contribution in [1.29, 1.82) is 0 Å². The molecule has 0 aliphatic carbocycles. The number of esters is 4. The average molecular weight is 808 g/mol. The van der Waals surface area contributed by atoms with Crippen LogP contribution in [0.3, 0.4) is 0 Å². The molecule has 0 saturated heterocycles. The monoisotopic (exact) mass is 806 g/mol. The molecule has 3 N–H and O–H groups in total. The molecule has 0 saturated carbocycles. The van der Waals surface area contributed by atoms with Crippen LogP contribution in [0.15, 0.2) is 48.5 Å². The first-order chi connectivity index (χ1) is 25.8. The van der Waals surface area contributed by atoms with Gasteiger partial charge in [-0.3, -0.25) is 9.59 Å². The number of nitrogens with one attached hydrogen (secondary N) is 1. The predicted molar refractivity (Wildman–Crippen MR) is 217 cm³/mol. The average Bonchev–Trinajstić information content (AvgIpc) is 3.19. The Bertz CT molecular complexity index is 1240. The van der Waals surface area contributed by atoms with Crippen LogP contribution in [0.2, 0.25) is 0 Å². The Morgan fingerprint density at radius 2 is 0.962 bits per heavy atom. The van der Waals surface area contributed by atoms with E-state index in [1.54, 1.807) is 12.1 Å². The van der Waals surface area contributed by atoms with Gasteiger partial charge in [-0.1, -0.05) is 78.7 Å². The highest BCUT2D eigenvalue weighted by atomic mass is 79.9. The van der Waals surface area contributed by atoms with E-state index in [1.807, 2.05) is 30.3 Å². The van der Waals surface area contributed by atoms with Crippen molar-refractivity contribution in [2.45, 2.75) is 116 Å². The van der Waals surface area contributed by atoms with E-state index in [4.69, 9.17) is 10.5 Å². The molecule has 0 aliphatic heterocycles. The smallest absolute Gasteiger partial charge is 0.337 e. The van der Waals surface area contributed by atoms with Gasteiger partial charge in [-0.2, -0.15) is 0 Å². The number of alkyl halides is 1. The molecule has 0 radical (unpaired) electrons. The lowest BCUT2D eigenvalue weighted by molar-refractivity contribution is -0.141. The number of rotatable bonds is 26. The molecule has 0 heterocycles. The molecule has 2 aromatic rings. The first-order valence-corrected chi connectivity index (χ1v) is 20.3. The fourth-order valence-electron chi connectivity index (χ4n) is 5.27. The standard InChI is InChI=1S/C21H33NO4.C12H15BrO2.C9H19NO2/c1-25-20(23)14-6-4-3-5-8-15-22-16-9-7-11-18-12-10-13-19(17-18)21(24)26-2;1-15-12(14)11-7-4-6-10(9-11)5-2-3-8-13;1-12-9(11)7-5-3-2-4-6-8-10/h10,12-13,17,22H,3-9,11,14-16H2,1-2H3;4,6-7,9H,2-3,5,8H2,1H3;2-8,10H2,1H3. The van der Waals surface area contributed by atoms with Crippen LogP contribution in [0.4, 0.5) is 0 Å². The second-order valence-corrected chi connectivity index (χ2v) is 13.5. The van der Waals surface area contributed by atoms with E-state index in [1.165, 1.54) is 71.7 Å². The topological polar surface area (TPSA) is 143 Å². The van der Waals surface area contributed by atoms with Crippen LogP contribution in [-0.2, 0) is 41.4 Å². The fourth-order valence-corrected chi connectivity index (χ4v) is 5.67. The number of halogens is 1. The molecule has 53 heavy (non-hydrogen) atoms. The number of methoxy groups -OCH3 is 4. The molecule has 2 rings (SSSR count). The van der Waals surface area contributed by atoms with Gasteiger partial charge in [0, 0.05) is 18.2 Å². The normalized spacial score (nSPS) is 10.2. The van der Waals surface area contributed by atoms with Crippen molar-refractivity contribution < 1.29 is 38.1 Å². The van der Waals surface area contributed by atoms with Gasteiger partial charge in [0.05, 0.1) is 39.6 Å². The Labute approximate surface area is 327 Å². The maximum Gasteiger partial charge on any atom is 0.337 e. The molecule has 0 spiro atoms. The van der Waals surface area contributed by atoms with E-state index in [2.05, 4.69) is 41.5 Å². The summed E-state index contributed by atoms with van der Waals surface area (Å²) in [5.74, 6) is -0.756. The van der Waals surface area contributed by atoms with E-state index in [9.17, 15) is 19.2 Å². The number of benzene rings is 2. The van der Waals surface area contributed by atoms with Gasteiger partial charge in [-0.05, 0) is 119 Å². The van der Waals surface area contributed by atoms with Crippen molar-refractivity contribution in [2.24, 2.45) is 5.73 Å². The van der Waals surface area contributed by atoms with E-state index in [0.29, 0.717) is 24.0 Å². The predicted octanol–water partition coefficient (Wildman–Crippen LogP) is 8.55. The number of ether oxygens (including phenoxy) is 4. The number of nitrogens with two attached hydrogens (primary N) is 1. The van der Waals surface area contributed by atoms with Crippen LogP contribution in [0.25, 0.3) is 0 Å². The highest BCUT2D eigenvalue weighted by Crippen LogP contribution is 2.12. The van der Waals surface area contributed by atoms with E-state index >= 15 is 0 Å². The highest BCUT2D eigenvalue weighted by Gasteiger charge is 2.06. The summed E-state index contributed by atoms with van der Waals surface area (Å²) in [6.45, 7) is 2.85. The van der Waals surface area contributed by atoms with Gasteiger partial charge in [0.1, 0.15) is 0 Å². The van der Waals surface area contributed by atoms with Crippen molar-refractivity contribution in [3.8, 4) is 0 Å². The molecule has 0 bridgehead atoms. The third-order valence-electron chi connectivity index (χ3n) is 8.39. The molecular formula is C42H67BrN2O8. The number of hydrogen-bond donors (Lipinski definition) is 2. The largest absolute Gasteiger partial charge is 0.469 e. The van der Waals surface area contributed by atoms with Gasteiger partial charge in [0.15, 0.2) is 0 Å². The van der Waals surface area contributed by atoms with E-state index in [-0.39, 0.29) is 23.9 Å². The second-order valence-electron chi connectivity index (χ2n) is 12.7. The number of carbonyl (C=O) groups excluding carboxylic acids is 4. The second kappa shape index (κ2) is 35.7. The molecular weight excluding hydrogens is 740 g/mol. The molecule has 0 fully saturated rings. The molecule has 10 nitrogen and oxygen atoms in total. The zero-order valence-electron chi connectivity index (χ0n) is 32.9. The van der Waals surface area contributed by atoms with Crippen molar-refractivity contribution in [1.82, 2.24) is 5.32 Å². The minimum absolute atomic E-state index is 0.103. The Balaban J connectivity index is 0.000000846. The summed E-state index contributed by atoms with van der Waals surface area (Å²) in [6, 6.07) is 15.3. The first kappa shape index (κ1) is 49.7. The minimum Gasteiger partial charge on any atom is -0.469 e. The van der Waals surface area contributed by atoms with Gasteiger partial charge >= 0.3 is 23.9 Å². The van der Waals surface area contributed by atoms with Gasteiger partial charge in [0.25, 0.3) is 0 Å². The summed E-state index contributed by atoms with van der Waals surface area (Å²) in [5, 5.41) is 4.51. The molecule has 0 aromatic heterocycles. The molecule has 2 aromatic carbocycles. The fraction of sp³-hybridized carbons (Fsp3) is 0.619. The van der Waals surface area contributed by atoms with Gasteiger partial charge in [-0.15, -0.1) is 0 Å². The lowest BCUT2D eigenvalue weighted by Crippen LogP contribution is -2.16. The summed E-state index contributed by atoms with van der Waals surface area (Å²) in [6.07, 6.45) is 18.7. The van der Waals surface area contributed by atoms with Crippen LogP contribution < -0.4 is 11.1 Å². The quantitative estimate of drug-likeness (QED) is 0.0411. The molecule has 11 heteroatoms. The Morgan fingerprint density at radius 1 is 0.547 bits per heavy atom. The van der Waals surface area contributed by atoms with Gasteiger partial charge in [-0.25, -0.2) is 9.59 Å². The van der Waals surface area contributed by atoms with Crippen molar-refractivity contribution in [3.63, 3.8) is 0 Å². The summed E-state index contributed by atoms with van der Waals surface area (Å²) >= 11 is 3.40. The van der Waals surface area contributed by atoms with E-state index in [0.717, 1.165) is 95.6 Å². The molecule has 300 valence electrons. The summed E-state index contributed by atoms with van der Waals surface area (Å²) in [7, 11) is 5.67. The third kappa shape index (κ3) is 28.8. The highest BCUT2D eigenvalue weighted by molar-refractivity contribution is 9.09. The Kier molecular flexibility index (Phi) is 33.5. The van der Waals surface area contributed by atoms with Crippen LogP contribution in [0.5, 0.6) is 0 Å². The lowest BCUT2D eigenvalue weighted by atomic mass is 10.1. The maximum atomic E-state index is 11.5. The number of hydrogen-bond acceptors (Lipinski definition) is 10. The Hall–Kier alpha value is -3.28. The van der Waals surface area contributed by atoms with Crippen LogP contribution in [-0.4, -0.2) is 77.3 Å². The van der Waals surface area contributed by atoms with Crippen molar-refractivity contribution in [2.75, 3.05) is 53.4 Å². The molecule has 0 atom stereocenters. The SMILES string of the molecule is COC(=O)CCCCCCCN.COC(=O)CCCCCCCNCCCCc1cccc(C(=O)OC)c1.COC(=O)c1cccc(CCCCBr)c1. The van der Waals surface area contributed by atoms with E-state index < -0.39 is 0 Å². The maximum absolute atomic E-state index is 11.5. The molecule has 0 aliphatic rings.